The summed E-state index contributed by atoms with van der Waals surface area (Å²) < 4.78 is 18.2. The number of anilines is 1. The van der Waals surface area contributed by atoms with Gasteiger partial charge in [-0.25, -0.2) is 14.4 Å². The Hall–Kier alpha value is -2.21. The highest BCUT2D eigenvalue weighted by atomic mass is 35.5. The summed E-state index contributed by atoms with van der Waals surface area (Å²) in [5, 5.41) is 2.52. The fraction of sp³-hybridized carbons (Fsp3) is 0.154. The number of carbonyl (C=O) groups is 1. The number of hydrogen-bond acceptors (Lipinski definition) is 4. The highest BCUT2D eigenvalue weighted by Crippen LogP contribution is 2.23. The van der Waals surface area contributed by atoms with E-state index in [2.05, 4.69) is 15.3 Å². The van der Waals surface area contributed by atoms with Crippen molar-refractivity contribution in [3.05, 3.63) is 46.6 Å². The molecule has 0 radical (unpaired) electrons. The number of nitrogens with one attached hydrogen (secondary N) is 1. The molecule has 1 heterocycles. The van der Waals surface area contributed by atoms with Gasteiger partial charge in [-0.1, -0.05) is 11.6 Å². The molecule has 5 nitrogen and oxygen atoms in total. The minimum absolute atomic E-state index is 0.0545. The van der Waals surface area contributed by atoms with Gasteiger partial charge in [0.15, 0.2) is 0 Å². The lowest BCUT2D eigenvalue weighted by Crippen LogP contribution is -2.14. The molecule has 0 saturated carbocycles. The Labute approximate surface area is 119 Å². The van der Waals surface area contributed by atoms with Crippen LogP contribution in [0.4, 0.5) is 10.1 Å². The molecule has 0 aliphatic carbocycles. The van der Waals surface area contributed by atoms with Crippen LogP contribution >= 0.6 is 11.6 Å². The molecule has 2 aromatic rings. The van der Waals surface area contributed by atoms with Crippen LogP contribution in [0.3, 0.4) is 0 Å². The molecule has 1 N–H and O–H groups in total. The quantitative estimate of drug-likeness (QED) is 0.945. The maximum absolute atomic E-state index is 13.4. The molecule has 0 aliphatic rings. The zero-order chi connectivity index (χ0) is 14.7. The number of rotatable bonds is 3. The number of benzene rings is 1. The zero-order valence-electron chi connectivity index (χ0n) is 10.8. The Morgan fingerprint density at radius 3 is 2.65 bits per heavy atom. The second kappa shape index (κ2) is 5.83. The van der Waals surface area contributed by atoms with Crippen LogP contribution in [0.25, 0.3) is 0 Å². The SMILES string of the molecule is COc1cnc(C(=O)Nc2cc(C)c(F)c(Cl)c2)cn1. The molecule has 0 unspecified atom stereocenters. The Morgan fingerprint density at radius 1 is 1.35 bits per heavy atom. The average Bonchev–Trinajstić information content (AvgIpc) is 2.44. The van der Waals surface area contributed by atoms with Gasteiger partial charge in [0.05, 0.1) is 24.5 Å². The van der Waals surface area contributed by atoms with E-state index in [-0.39, 0.29) is 10.7 Å². The molecule has 0 atom stereocenters. The molecule has 0 spiro atoms. The highest BCUT2D eigenvalue weighted by Gasteiger charge is 2.11. The van der Waals surface area contributed by atoms with E-state index in [0.29, 0.717) is 17.1 Å². The van der Waals surface area contributed by atoms with Gasteiger partial charge in [-0.3, -0.25) is 4.79 Å². The molecule has 0 saturated heterocycles. The fourth-order valence-electron chi connectivity index (χ4n) is 1.53. The lowest BCUT2D eigenvalue weighted by molar-refractivity contribution is 0.102. The third-order valence-electron chi connectivity index (χ3n) is 2.54. The Balaban J connectivity index is 2.18. The summed E-state index contributed by atoms with van der Waals surface area (Å²) in [6.45, 7) is 1.56. The molecule has 1 amide bonds. The standard InChI is InChI=1S/C13H11ClFN3O2/c1-7-3-8(4-9(14)12(7)15)18-13(19)10-5-17-11(20-2)6-16-10/h3-6H,1-2H3,(H,18,19). The first-order valence-corrected chi connectivity index (χ1v) is 6.02. The van der Waals surface area contributed by atoms with Crippen molar-refractivity contribution in [3.63, 3.8) is 0 Å². The van der Waals surface area contributed by atoms with Crippen LogP contribution in [0.5, 0.6) is 5.88 Å². The molecule has 0 aliphatic heterocycles. The van der Waals surface area contributed by atoms with Gasteiger partial charge >= 0.3 is 0 Å². The Morgan fingerprint density at radius 2 is 2.10 bits per heavy atom. The molecule has 104 valence electrons. The van der Waals surface area contributed by atoms with Crippen molar-refractivity contribution in [2.24, 2.45) is 0 Å². The fourth-order valence-corrected chi connectivity index (χ4v) is 1.80. The van der Waals surface area contributed by atoms with Crippen LogP contribution in [0.2, 0.25) is 5.02 Å². The second-order valence-electron chi connectivity index (χ2n) is 3.99. The van der Waals surface area contributed by atoms with Gasteiger partial charge in [-0.05, 0) is 24.6 Å². The van der Waals surface area contributed by atoms with Crippen molar-refractivity contribution in [3.8, 4) is 5.88 Å². The van der Waals surface area contributed by atoms with Crippen LogP contribution in [-0.4, -0.2) is 23.0 Å². The van der Waals surface area contributed by atoms with Gasteiger partial charge in [0.1, 0.15) is 11.5 Å². The van der Waals surface area contributed by atoms with Gasteiger partial charge < -0.3 is 10.1 Å². The van der Waals surface area contributed by atoms with E-state index in [4.69, 9.17) is 16.3 Å². The van der Waals surface area contributed by atoms with Crippen molar-refractivity contribution in [2.75, 3.05) is 12.4 Å². The summed E-state index contributed by atoms with van der Waals surface area (Å²) in [5.41, 5.74) is 0.842. The summed E-state index contributed by atoms with van der Waals surface area (Å²) >= 11 is 5.72. The van der Waals surface area contributed by atoms with Crippen molar-refractivity contribution >= 4 is 23.2 Å². The number of carbonyl (C=O) groups excluding carboxylic acids is 1. The first-order chi connectivity index (χ1) is 9.51. The summed E-state index contributed by atoms with van der Waals surface area (Å²) in [7, 11) is 1.45. The van der Waals surface area contributed by atoms with Gasteiger partial charge in [0.25, 0.3) is 5.91 Å². The molecular formula is C13H11ClFN3O2. The first-order valence-electron chi connectivity index (χ1n) is 5.64. The molecule has 20 heavy (non-hydrogen) atoms. The Bertz CT molecular complexity index is 624. The topological polar surface area (TPSA) is 64.1 Å². The van der Waals surface area contributed by atoms with E-state index in [0.717, 1.165) is 0 Å². The summed E-state index contributed by atoms with van der Waals surface area (Å²) in [4.78, 5) is 19.7. The number of nitrogens with zero attached hydrogens (tertiary/aromatic N) is 2. The number of amides is 1. The van der Waals surface area contributed by atoms with Crippen LogP contribution in [0.1, 0.15) is 16.1 Å². The van der Waals surface area contributed by atoms with Gasteiger partial charge in [0, 0.05) is 5.69 Å². The van der Waals surface area contributed by atoms with E-state index in [1.807, 2.05) is 0 Å². The van der Waals surface area contributed by atoms with E-state index in [9.17, 15) is 9.18 Å². The Kier molecular flexibility index (Phi) is 4.14. The predicted molar refractivity (Wildman–Crippen MR) is 72.7 cm³/mol. The lowest BCUT2D eigenvalue weighted by atomic mass is 10.2. The molecule has 7 heteroatoms. The minimum atomic E-state index is -0.506. The van der Waals surface area contributed by atoms with E-state index in [1.165, 1.54) is 31.6 Å². The third kappa shape index (κ3) is 3.03. The molecule has 2 rings (SSSR count). The number of aromatic nitrogens is 2. The zero-order valence-corrected chi connectivity index (χ0v) is 11.5. The normalized spacial score (nSPS) is 10.2. The summed E-state index contributed by atoms with van der Waals surface area (Å²) in [6, 6.07) is 2.81. The molecule has 1 aromatic carbocycles. The first kappa shape index (κ1) is 14.2. The largest absolute Gasteiger partial charge is 0.480 e. The number of halogens is 2. The summed E-state index contributed by atoms with van der Waals surface area (Å²) in [6.07, 6.45) is 2.62. The molecule has 1 aromatic heterocycles. The third-order valence-corrected chi connectivity index (χ3v) is 2.81. The van der Waals surface area contributed by atoms with E-state index >= 15 is 0 Å². The van der Waals surface area contributed by atoms with Gasteiger partial charge in [0.2, 0.25) is 5.88 Å². The smallest absolute Gasteiger partial charge is 0.275 e. The van der Waals surface area contributed by atoms with Crippen molar-refractivity contribution in [1.29, 1.82) is 0 Å². The summed E-state index contributed by atoms with van der Waals surface area (Å²) in [5.74, 6) is -0.668. The van der Waals surface area contributed by atoms with E-state index in [1.54, 1.807) is 6.92 Å². The van der Waals surface area contributed by atoms with Crippen LogP contribution < -0.4 is 10.1 Å². The van der Waals surface area contributed by atoms with Crippen LogP contribution in [0, 0.1) is 12.7 Å². The molecule has 0 fully saturated rings. The van der Waals surface area contributed by atoms with Crippen molar-refractivity contribution in [1.82, 2.24) is 9.97 Å². The second-order valence-corrected chi connectivity index (χ2v) is 4.39. The predicted octanol–water partition coefficient (Wildman–Crippen LogP) is 2.84. The van der Waals surface area contributed by atoms with Crippen molar-refractivity contribution < 1.29 is 13.9 Å². The highest BCUT2D eigenvalue weighted by molar-refractivity contribution is 6.31. The monoisotopic (exact) mass is 295 g/mol. The van der Waals surface area contributed by atoms with Crippen LogP contribution in [-0.2, 0) is 0 Å². The average molecular weight is 296 g/mol. The van der Waals surface area contributed by atoms with Crippen LogP contribution in [0.15, 0.2) is 24.5 Å². The van der Waals surface area contributed by atoms with Gasteiger partial charge in [-0.15, -0.1) is 0 Å². The molecule has 0 bridgehead atoms. The number of methoxy groups -OCH3 is 1. The van der Waals surface area contributed by atoms with Gasteiger partial charge in [-0.2, -0.15) is 0 Å². The van der Waals surface area contributed by atoms with E-state index < -0.39 is 11.7 Å². The number of ether oxygens (including phenoxy) is 1. The molecular weight excluding hydrogens is 285 g/mol. The lowest BCUT2D eigenvalue weighted by Gasteiger charge is -2.07. The maximum Gasteiger partial charge on any atom is 0.275 e. The number of hydrogen-bond donors (Lipinski definition) is 1. The number of aryl methyl sites for hydroxylation is 1. The maximum atomic E-state index is 13.4. The minimum Gasteiger partial charge on any atom is -0.480 e. The van der Waals surface area contributed by atoms with Crippen molar-refractivity contribution in [2.45, 2.75) is 6.92 Å².